The summed E-state index contributed by atoms with van der Waals surface area (Å²) in [7, 11) is 0. The molecule has 30 heavy (non-hydrogen) atoms. The average molecular weight is 414 g/mol. The number of ether oxygens (including phenoxy) is 1. The van der Waals surface area contributed by atoms with E-state index in [1.165, 1.54) is 31.2 Å². The zero-order chi connectivity index (χ0) is 22.0. The lowest BCUT2D eigenvalue weighted by Crippen LogP contribution is -2.30. The first-order valence-corrected chi connectivity index (χ1v) is 8.81. The van der Waals surface area contributed by atoms with Gasteiger partial charge < -0.3 is 10.1 Å². The van der Waals surface area contributed by atoms with Crippen molar-refractivity contribution in [2.45, 2.75) is 13.0 Å². The summed E-state index contributed by atoms with van der Waals surface area (Å²) in [6.07, 6.45) is 0.00888. The van der Waals surface area contributed by atoms with Gasteiger partial charge in [0.05, 0.1) is 16.7 Å². The first kappa shape index (κ1) is 20.8. The Kier molecular flexibility index (Phi) is 5.72. The number of benzene rings is 2. The summed E-state index contributed by atoms with van der Waals surface area (Å²) < 4.78 is 32.3. The highest BCUT2D eigenvalue weighted by Crippen LogP contribution is 2.24. The number of hydrogen-bond acceptors (Lipinski definition) is 5. The highest BCUT2D eigenvalue weighted by Gasteiger charge is 2.35. The minimum Gasteiger partial charge on any atom is -0.449 e. The van der Waals surface area contributed by atoms with E-state index in [2.05, 4.69) is 6.58 Å². The molecule has 3 amide bonds. The number of amides is 3. The van der Waals surface area contributed by atoms with Gasteiger partial charge in [0.15, 0.2) is 6.10 Å². The normalized spacial score (nSPS) is 13.6. The minimum absolute atomic E-state index is 0.0237. The number of para-hydroxylation sites is 1. The molecule has 3 rings (SSSR count). The molecule has 1 aliphatic heterocycles. The van der Waals surface area contributed by atoms with Crippen LogP contribution in [0.5, 0.6) is 0 Å². The number of anilines is 1. The predicted molar refractivity (Wildman–Crippen MR) is 102 cm³/mol. The summed E-state index contributed by atoms with van der Waals surface area (Å²) in [6.45, 7) is 4.73. The summed E-state index contributed by atoms with van der Waals surface area (Å²) in [5.74, 6) is -4.94. The molecular formula is C21H16F2N2O5. The van der Waals surface area contributed by atoms with Crippen molar-refractivity contribution < 1.29 is 32.7 Å². The first-order chi connectivity index (χ1) is 14.2. The molecule has 9 heteroatoms. The lowest BCUT2D eigenvalue weighted by Gasteiger charge is -2.14. The van der Waals surface area contributed by atoms with Crippen molar-refractivity contribution in [3.05, 3.63) is 77.4 Å². The molecule has 0 spiro atoms. The van der Waals surface area contributed by atoms with Crippen molar-refractivity contribution in [3.8, 4) is 0 Å². The van der Waals surface area contributed by atoms with E-state index in [-0.39, 0.29) is 23.2 Å². The Balaban J connectivity index is 1.72. The van der Waals surface area contributed by atoms with Crippen LogP contribution in [0.1, 0.15) is 38.0 Å². The molecule has 0 aliphatic carbocycles. The number of fused-ring (bicyclic) bond motifs is 1. The number of halogens is 2. The average Bonchev–Trinajstić information content (AvgIpc) is 2.95. The third-order valence-electron chi connectivity index (χ3n) is 4.38. The molecule has 0 radical (unpaired) electrons. The first-order valence-electron chi connectivity index (χ1n) is 8.81. The molecule has 0 saturated heterocycles. The molecule has 1 aliphatic rings. The van der Waals surface area contributed by atoms with Gasteiger partial charge >= 0.3 is 5.97 Å². The van der Waals surface area contributed by atoms with Crippen molar-refractivity contribution in [3.63, 3.8) is 0 Å². The van der Waals surface area contributed by atoms with Crippen LogP contribution < -0.4 is 5.32 Å². The van der Waals surface area contributed by atoms with Gasteiger partial charge in [0.25, 0.3) is 17.7 Å². The Labute approximate surface area is 169 Å². The number of imide groups is 1. The molecule has 0 unspecified atom stereocenters. The standard InChI is InChI=1S/C21H16F2N2O5/c1-3-9-25-19(27)13-8-7-12(10-14(13)20(25)28)21(29)30-11(2)18(26)24-17-15(22)5-4-6-16(17)23/h3-8,10-11H,1,9H2,2H3,(H,24,26)/t11-/m0/s1. The van der Waals surface area contributed by atoms with E-state index in [0.717, 1.165) is 23.1 Å². The highest BCUT2D eigenvalue weighted by atomic mass is 19.1. The lowest BCUT2D eigenvalue weighted by molar-refractivity contribution is -0.123. The minimum atomic E-state index is -1.39. The fourth-order valence-electron chi connectivity index (χ4n) is 2.84. The summed E-state index contributed by atoms with van der Waals surface area (Å²) in [5, 5.41) is 2.03. The number of hydrogen-bond donors (Lipinski definition) is 1. The predicted octanol–water partition coefficient (Wildman–Crippen LogP) is 2.93. The maximum absolute atomic E-state index is 13.7. The van der Waals surface area contributed by atoms with Crippen LogP contribution in [0, 0.1) is 11.6 Å². The van der Waals surface area contributed by atoms with Crippen molar-refractivity contribution >= 4 is 29.4 Å². The molecule has 2 aromatic carbocycles. The molecule has 154 valence electrons. The van der Waals surface area contributed by atoms with Gasteiger partial charge in [-0.05, 0) is 37.3 Å². The van der Waals surface area contributed by atoms with Crippen LogP contribution in [0.4, 0.5) is 14.5 Å². The largest absolute Gasteiger partial charge is 0.449 e. The van der Waals surface area contributed by atoms with Crippen LogP contribution in [0.2, 0.25) is 0 Å². The van der Waals surface area contributed by atoms with Crippen molar-refractivity contribution in [2.24, 2.45) is 0 Å². The molecule has 0 aromatic heterocycles. The van der Waals surface area contributed by atoms with Crippen LogP contribution in [0.3, 0.4) is 0 Å². The number of esters is 1. The van der Waals surface area contributed by atoms with Crippen LogP contribution >= 0.6 is 0 Å². The zero-order valence-electron chi connectivity index (χ0n) is 15.8. The third kappa shape index (κ3) is 3.82. The Morgan fingerprint density at radius 2 is 1.77 bits per heavy atom. The summed E-state index contributed by atoms with van der Waals surface area (Å²) in [5.41, 5.74) is -0.553. The van der Waals surface area contributed by atoms with Gasteiger partial charge in [-0.15, -0.1) is 6.58 Å². The van der Waals surface area contributed by atoms with Crippen molar-refractivity contribution in [1.82, 2.24) is 4.90 Å². The Hall–Kier alpha value is -3.88. The molecule has 0 bridgehead atoms. The second-order valence-corrected chi connectivity index (χ2v) is 6.40. The second kappa shape index (κ2) is 8.24. The Morgan fingerprint density at radius 3 is 2.40 bits per heavy atom. The summed E-state index contributed by atoms with van der Waals surface area (Å²) >= 11 is 0. The lowest BCUT2D eigenvalue weighted by atomic mass is 10.1. The highest BCUT2D eigenvalue weighted by molar-refractivity contribution is 6.22. The van der Waals surface area contributed by atoms with Gasteiger partial charge in [0, 0.05) is 6.54 Å². The number of nitrogens with zero attached hydrogens (tertiary/aromatic N) is 1. The van der Waals surface area contributed by atoms with Crippen LogP contribution in [0.25, 0.3) is 0 Å². The number of nitrogens with one attached hydrogen (secondary N) is 1. The van der Waals surface area contributed by atoms with Crippen molar-refractivity contribution in [1.29, 1.82) is 0 Å². The third-order valence-corrected chi connectivity index (χ3v) is 4.38. The molecule has 0 fully saturated rings. The van der Waals surface area contributed by atoms with Crippen LogP contribution in [0.15, 0.2) is 49.1 Å². The molecule has 7 nitrogen and oxygen atoms in total. The quantitative estimate of drug-likeness (QED) is 0.446. The molecular weight excluding hydrogens is 398 g/mol. The smallest absolute Gasteiger partial charge is 0.338 e. The summed E-state index contributed by atoms with van der Waals surface area (Å²) in [4.78, 5) is 50.0. The fourth-order valence-corrected chi connectivity index (χ4v) is 2.84. The van der Waals surface area contributed by atoms with Gasteiger partial charge in [-0.25, -0.2) is 13.6 Å². The van der Waals surface area contributed by atoms with E-state index in [0.29, 0.717) is 0 Å². The maximum Gasteiger partial charge on any atom is 0.338 e. The van der Waals surface area contributed by atoms with E-state index < -0.39 is 47.1 Å². The molecule has 1 atom stereocenters. The summed E-state index contributed by atoms with van der Waals surface area (Å²) in [6, 6.07) is 6.86. The van der Waals surface area contributed by atoms with Gasteiger partial charge in [-0.3, -0.25) is 19.3 Å². The van der Waals surface area contributed by atoms with Gasteiger partial charge in [0.2, 0.25) is 0 Å². The SMILES string of the molecule is C=CCN1C(=O)c2ccc(C(=O)O[C@@H](C)C(=O)Nc3c(F)cccc3F)cc2C1=O. The number of rotatable bonds is 6. The van der Waals surface area contributed by atoms with Crippen molar-refractivity contribution in [2.75, 3.05) is 11.9 Å². The second-order valence-electron chi connectivity index (χ2n) is 6.40. The van der Waals surface area contributed by atoms with Gasteiger partial charge in [-0.1, -0.05) is 12.1 Å². The topological polar surface area (TPSA) is 92.8 Å². The molecule has 2 aromatic rings. The van der Waals surface area contributed by atoms with Gasteiger partial charge in [0.1, 0.15) is 17.3 Å². The van der Waals surface area contributed by atoms with E-state index in [1.54, 1.807) is 0 Å². The van der Waals surface area contributed by atoms with E-state index in [9.17, 15) is 28.0 Å². The number of carbonyl (C=O) groups is 4. The zero-order valence-corrected chi connectivity index (χ0v) is 15.8. The van der Waals surface area contributed by atoms with Gasteiger partial charge in [-0.2, -0.15) is 0 Å². The fraction of sp³-hybridized carbons (Fsp3) is 0.143. The molecule has 1 N–H and O–H groups in total. The Morgan fingerprint density at radius 1 is 1.13 bits per heavy atom. The Bertz CT molecular complexity index is 1060. The number of carbonyl (C=O) groups excluding carboxylic acids is 4. The van der Waals surface area contributed by atoms with E-state index >= 15 is 0 Å². The molecule has 1 heterocycles. The van der Waals surface area contributed by atoms with E-state index in [4.69, 9.17) is 4.74 Å². The maximum atomic E-state index is 13.7. The van der Waals surface area contributed by atoms with Crippen LogP contribution in [-0.2, 0) is 9.53 Å². The van der Waals surface area contributed by atoms with Crippen LogP contribution in [-0.4, -0.2) is 41.2 Å². The molecule has 0 saturated carbocycles. The monoisotopic (exact) mass is 414 g/mol. The van der Waals surface area contributed by atoms with E-state index in [1.807, 2.05) is 5.32 Å².